The van der Waals surface area contributed by atoms with Crippen LogP contribution < -0.4 is 0 Å². The average molecular weight is 616 g/mol. The Labute approximate surface area is 257 Å². The molecule has 0 aliphatic carbocycles. The molecule has 5 rings (SSSR count). The largest absolute Gasteiger partial charge is 0.342 e. The second kappa shape index (κ2) is 19.2. The van der Waals surface area contributed by atoms with Crippen LogP contribution in [-0.2, 0) is 19.4 Å². The molecule has 0 aromatic rings. The molecule has 0 bridgehead atoms. The Morgan fingerprint density at radius 3 is 1.36 bits per heavy atom. The van der Waals surface area contributed by atoms with Gasteiger partial charge in [0.2, 0.25) is 11.8 Å². The molecule has 11 nitrogen and oxygen atoms in total. The van der Waals surface area contributed by atoms with Crippen molar-refractivity contribution >= 4 is 21.7 Å². The van der Waals surface area contributed by atoms with Gasteiger partial charge in [-0.2, -0.15) is 0 Å². The van der Waals surface area contributed by atoms with E-state index in [0.717, 1.165) is 64.8 Å². The van der Waals surface area contributed by atoms with Gasteiger partial charge in [0, 0.05) is 78.8 Å². The molecule has 0 N–H and O–H groups in total. The van der Waals surface area contributed by atoms with E-state index in [2.05, 4.69) is 40.7 Å². The van der Waals surface area contributed by atoms with Crippen molar-refractivity contribution in [3.05, 3.63) is 0 Å². The van der Waals surface area contributed by atoms with Gasteiger partial charge in [-0.3, -0.25) is 9.59 Å². The number of rotatable bonds is 1. The molecule has 5 aliphatic heterocycles. The monoisotopic (exact) mass is 615 g/mol. The van der Waals surface area contributed by atoms with Crippen LogP contribution in [0.3, 0.4) is 0 Å². The smallest absolute Gasteiger partial charge is 0.219 e. The third kappa shape index (κ3) is 14.9. The number of likely N-dealkylation sites (N-methyl/N-ethyl adjacent to an activating group) is 2. The Hall–Kier alpha value is -1.31. The summed E-state index contributed by atoms with van der Waals surface area (Å²) in [5, 5.41) is 0. The summed E-state index contributed by atoms with van der Waals surface area (Å²) < 4.78 is 21.5. The topological polar surface area (TPSA) is 91.0 Å². The van der Waals surface area contributed by atoms with E-state index in [-0.39, 0.29) is 11.8 Å². The number of piperidine rings is 1. The molecule has 0 saturated carbocycles. The minimum absolute atomic E-state index is 0.202. The van der Waals surface area contributed by atoms with Gasteiger partial charge in [0.25, 0.3) is 0 Å². The van der Waals surface area contributed by atoms with Crippen molar-refractivity contribution in [2.24, 2.45) is 0 Å². The molecule has 0 spiro atoms. The van der Waals surface area contributed by atoms with Crippen LogP contribution in [0.2, 0.25) is 0 Å². The highest BCUT2D eigenvalue weighted by atomic mass is 32.2. The van der Waals surface area contributed by atoms with Gasteiger partial charge < -0.3 is 34.3 Å². The first kappa shape index (κ1) is 36.9. The first-order valence-corrected chi connectivity index (χ1v) is 17.9. The van der Waals surface area contributed by atoms with Crippen molar-refractivity contribution in [3.8, 4) is 0 Å². The van der Waals surface area contributed by atoms with Crippen LogP contribution in [0, 0.1) is 0 Å². The SMILES string of the molecule is CC(=O)N1CCCN(C)CC1.CC(=O)N1CCN(C)CC1.CN1CCC(N2CCCC2)CC1.CN1CCS(=O)(=O)CC1. The quantitative estimate of drug-likeness (QED) is 0.418. The maximum atomic E-state index is 11.0. The Morgan fingerprint density at radius 2 is 0.905 bits per heavy atom. The summed E-state index contributed by atoms with van der Waals surface area (Å²) in [7, 11) is 5.70. The molecule has 0 aromatic carbocycles. The molecule has 5 heterocycles. The molecule has 5 saturated heterocycles. The fourth-order valence-corrected chi connectivity index (χ4v) is 7.14. The summed E-state index contributed by atoms with van der Waals surface area (Å²) >= 11 is 0. The first-order chi connectivity index (χ1) is 19.9. The molecule has 42 heavy (non-hydrogen) atoms. The van der Waals surface area contributed by atoms with Gasteiger partial charge >= 0.3 is 0 Å². The molecule has 12 heteroatoms. The van der Waals surface area contributed by atoms with E-state index in [1.165, 1.54) is 51.9 Å². The van der Waals surface area contributed by atoms with Gasteiger partial charge in [-0.15, -0.1) is 0 Å². The molecule has 5 fully saturated rings. The number of piperazine rings is 1. The summed E-state index contributed by atoms with van der Waals surface area (Å²) in [6.45, 7) is 17.8. The van der Waals surface area contributed by atoms with Crippen LogP contribution in [0.1, 0.15) is 46.0 Å². The van der Waals surface area contributed by atoms with Crippen molar-refractivity contribution < 1.29 is 18.0 Å². The molecule has 5 aliphatic rings. The third-order valence-electron chi connectivity index (χ3n) is 9.03. The molecule has 0 atom stereocenters. The molecular weight excluding hydrogens is 554 g/mol. The van der Waals surface area contributed by atoms with E-state index in [1.54, 1.807) is 13.8 Å². The van der Waals surface area contributed by atoms with Gasteiger partial charge in [0.1, 0.15) is 0 Å². The third-order valence-corrected chi connectivity index (χ3v) is 10.6. The Kier molecular flexibility index (Phi) is 16.8. The van der Waals surface area contributed by atoms with Crippen LogP contribution in [0.5, 0.6) is 0 Å². The van der Waals surface area contributed by atoms with Crippen LogP contribution in [0.25, 0.3) is 0 Å². The predicted molar refractivity (Wildman–Crippen MR) is 172 cm³/mol. The number of amides is 2. The van der Waals surface area contributed by atoms with Crippen molar-refractivity contribution in [2.45, 2.75) is 52.0 Å². The van der Waals surface area contributed by atoms with Crippen LogP contribution >= 0.6 is 0 Å². The number of carbonyl (C=O) groups is 2. The summed E-state index contributed by atoms with van der Waals surface area (Å²) in [5.41, 5.74) is 0. The van der Waals surface area contributed by atoms with E-state index in [4.69, 9.17) is 0 Å². The van der Waals surface area contributed by atoms with Crippen molar-refractivity contribution in [1.29, 1.82) is 0 Å². The number of nitrogens with zero attached hydrogens (tertiary/aromatic N) is 7. The van der Waals surface area contributed by atoms with Gasteiger partial charge in [-0.25, -0.2) is 8.42 Å². The van der Waals surface area contributed by atoms with Crippen LogP contribution in [-0.4, -0.2) is 192 Å². The summed E-state index contributed by atoms with van der Waals surface area (Å²) in [6, 6.07) is 0.920. The van der Waals surface area contributed by atoms with Gasteiger partial charge in [-0.05, 0) is 93.0 Å². The lowest BCUT2D eigenvalue weighted by Crippen LogP contribution is -2.46. The normalized spacial score (nSPS) is 25.2. The van der Waals surface area contributed by atoms with E-state index in [9.17, 15) is 18.0 Å². The zero-order valence-electron chi connectivity index (χ0n) is 27.6. The summed E-state index contributed by atoms with van der Waals surface area (Å²) in [4.78, 5) is 37.3. The van der Waals surface area contributed by atoms with Crippen molar-refractivity contribution in [2.75, 3.05) is 131 Å². The standard InChI is InChI=1S/C10H20N2.C8H16N2O.C7H14N2O.C5H11NO2S/c1-11-8-4-10(5-9-11)12-6-2-3-7-12;1-8(11)10-5-3-4-9(2)6-7-10;1-7(10)9-5-3-8(2)4-6-9;1-6-2-4-9(7,8)5-3-6/h10H,2-9H2,1H3;3-7H2,1-2H3;3-6H2,1-2H3;2-5H2,1H3. The number of carbonyl (C=O) groups excluding carboxylic acids is 2. The molecule has 0 unspecified atom stereocenters. The van der Waals surface area contributed by atoms with E-state index < -0.39 is 9.84 Å². The van der Waals surface area contributed by atoms with Crippen LogP contribution in [0.15, 0.2) is 0 Å². The minimum atomic E-state index is -2.66. The Balaban J connectivity index is 0.000000197. The van der Waals surface area contributed by atoms with Crippen molar-refractivity contribution in [1.82, 2.24) is 34.3 Å². The Morgan fingerprint density at radius 1 is 0.500 bits per heavy atom. The fraction of sp³-hybridized carbons (Fsp3) is 0.933. The van der Waals surface area contributed by atoms with Crippen molar-refractivity contribution in [3.63, 3.8) is 0 Å². The maximum absolute atomic E-state index is 11.0. The predicted octanol–water partition coefficient (Wildman–Crippen LogP) is 0.474. The molecule has 2 amide bonds. The maximum Gasteiger partial charge on any atom is 0.219 e. The highest BCUT2D eigenvalue weighted by Gasteiger charge is 2.24. The molecule has 0 radical (unpaired) electrons. The van der Waals surface area contributed by atoms with Gasteiger partial charge in [0.05, 0.1) is 11.5 Å². The number of sulfone groups is 1. The first-order valence-electron chi connectivity index (χ1n) is 16.1. The zero-order valence-corrected chi connectivity index (χ0v) is 28.4. The van der Waals surface area contributed by atoms with E-state index in [1.807, 2.05) is 21.7 Å². The fourth-order valence-electron chi connectivity index (χ4n) is 5.75. The highest BCUT2D eigenvalue weighted by molar-refractivity contribution is 7.91. The van der Waals surface area contributed by atoms with Gasteiger partial charge in [-0.1, -0.05) is 0 Å². The minimum Gasteiger partial charge on any atom is -0.342 e. The van der Waals surface area contributed by atoms with E-state index >= 15 is 0 Å². The summed E-state index contributed by atoms with van der Waals surface area (Å²) in [5.74, 6) is 1.08. The number of likely N-dealkylation sites (tertiary alicyclic amines) is 2. The second-order valence-electron chi connectivity index (χ2n) is 12.7. The average Bonchev–Trinajstić information content (AvgIpc) is 3.40. The molecular formula is C30H61N7O4S. The van der Waals surface area contributed by atoms with Gasteiger partial charge in [0.15, 0.2) is 9.84 Å². The van der Waals surface area contributed by atoms with Crippen LogP contribution in [0.4, 0.5) is 0 Å². The lowest BCUT2D eigenvalue weighted by atomic mass is 10.0. The number of hydrogen-bond donors (Lipinski definition) is 0. The second-order valence-corrected chi connectivity index (χ2v) is 15.0. The van der Waals surface area contributed by atoms with E-state index in [0.29, 0.717) is 24.6 Å². The molecule has 0 aromatic heterocycles. The zero-order chi connectivity index (χ0) is 31.1. The highest BCUT2D eigenvalue weighted by Crippen LogP contribution is 2.20. The lowest BCUT2D eigenvalue weighted by molar-refractivity contribution is -0.130. The molecule has 246 valence electrons. The Bertz CT molecular complexity index is 870. The number of hydrogen-bond acceptors (Lipinski definition) is 9. The summed E-state index contributed by atoms with van der Waals surface area (Å²) in [6.07, 6.45) is 6.78. The lowest BCUT2D eigenvalue weighted by Gasteiger charge is -2.34.